The second kappa shape index (κ2) is 9.61. The summed E-state index contributed by atoms with van der Waals surface area (Å²) in [4.78, 5) is 9.02. The number of rotatable bonds is 7. The zero-order valence-electron chi connectivity index (χ0n) is 20.3. The van der Waals surface area contributed by atoms with Gasteiger partial charge in [0.05, 0.1) is 11.8 Å². The van der Waals surface area contributed by atoms with Crippen molar-refractivity contribution in [2.24, 2.45) is 0 Å². The van der Waals surface area contributed by atoms with E-state index in [0.29, 0.717) is 22.8 Å². The van der Waals surface area contributed by atoms with Crippen molar-refractivity contribution < 1.29 is 4.43 Å². The molecular weight excluding hydrogens is 504 g/mol. The standard InChI is InChI=1S/C24H36BrClN4OSi/c1-23(2,3)32(6,7)31-24(4,5)18-14-17(12-13-19(18)25)29-22-27-15-20(26)21(30-22)28-16-10-8-9-11-16/h12-16H,8-11H2,1-7H3,(H2,27,28,29,30). The second-order valence-electron chi connectivity index (χ2n) is 10.7. The van der Waals surface area contributed by atoms with Crippen molar-refractivity contribution in [1.29, 1.82) is 0 Å². The fraction of sp³-hybridized carbons (Fsp3) is 0.583. The van der Waals surface area contributed by atoms with Gasteiger partial charge in [-0.05, 0) is 68.6 Å². The zero-order valence-corrected chi connectivity index (χ0v) is 23.6. The van der Waals surface area contributed by atoms with Gasteiger partial charge >= 0.3 is 0 Å². The summed E-state index contributed by atoms with van der Waals surface area (Å²) in [5.74, 6) is 1.21. The topological polar surface area (TPSA) is 59.1 Å². The number of benzene rings is 1. The molecule has 2 aromatic rings. The molecule has 1 aromatic carbocycles. The predicted octanol–water partition coefficient (Wildman–Crippen LogP) is 8.25. The van der Waals surface area contributed by atoms with Gasteiger partial charge in [-0.2, -0.15) is 4.98 Å². The quantitative estimate of drug-likeness (QED) is 0.347. The molecule has 1 aliphatic carbocycles. The minimum atomic E-state index is -1.96. The molecule has 1 aromatic heterocycles. The zero-order chi connectivity index (χ0) is 23.7. The molecule has 1 aliphatic rings. The van der Waals surface area contributed by atoms with E-state index < -0.39 is 13.9 Å². The lowest BCUT2D eigenvalue weighted by Gasteiger charge is -2.43. The summed E-state index contributed by atoms with van der Waals surface area (Å²) in [6, 6.07) is 6.60. The van der Waals surface area contributed by atoms with Crippen LogP contribution < -0.4 is 10.6 Å². The van der Waals surface area contributed by atoms with E-state index >= 15 is 0 Å². The van der Waals surface area contributed by atoms with Gasteiger partial charge < -0.3 is 15.1 Å². The molecule has 8 heteroatoms. The Labute approximate surface area is 207 Å². The van der Waals surface area contributed by atoms with Crippen LogP contribution in [0.3, 0.4) is 0 Å². The smallest absolute Gasteiger partial charge is 0.229 e. The number of hydrogen-bond acceptors (Lipinski definition) is 5. The number of nitrogens with zero attached hydrogens (tertiary/aromatic N) is 2. The Morgan fingerprint density at radius 1 is 1.12 bits per heavy atom. The first-order valence-corrected chi connectivity index (χ1v) is 15.4. The lowest BCUT2D eigenvalue weighted by atomic mass is 9.98. The fourth-order valence-corrected chi connectivity index (χ4v) is 6.39. The summed E-state index contributed by atoms with van der Waals surface area (Å²) >= 11 is 10.1. The molecule has 1 saturated carbocycles. The van der Waals surface area contributed by atoms with Crippen LogP contribution >= 0.6 is 27.5 Å². The maximum atomic E-state index is 6.79. The molecule has 0 saturated heterocycles. The van der Waals surface area contributed by atoms with Gasteiger partial charge in [-0.1, -0.05) is 61.1 Å². The first-order chi connectivity index (χ1) is 14.8. The molecule has 1 fully saturated rings. The van der Waals surface area contributed by atoms with E-state index in [1.165, 1.54) is 12.8 Å². The number of halogens is 2. The summed E-state index contributed by atoms with van der Waals surface area (Å²) in [7, 11) is -1.96. The maximum absolute atomic E-state index is 6.79. The van der Waals surface area contributed by atoms with Crippen molar-refractivity contribution in [2.75, 3.05) is 10.6 Å². The van der Waals surface area contributed by atoms with E-state index in [4.69, 9.17) is 16.0 Å². The highest BCUT2D eigenvalue weighted by Crippen LogP contribution is 2.43. The van der Waals surface area contributed by atoms with E-state index in [9.17, 15) is 0 Å². The molecule has 0 radical (unpaired) electrons. The Kier molecular flexibility index (Phi) is 7.65. The van der Waals surface area contributed by atoms with Crippen LogP contribution in [0.5, 0.6) is 0 Å². The largest absolute Gasteiger partial charge is 0.408 e. The average molecular weight is 540 g/mol. The molecule has 3 rings (SSSR count). The highest BCUT2D eigenvalue weighted by molar-refractivity contribution is 9.10. The average Bonchev–Trinajstić information content (AvgIpc) is 3.17. The van der Waals surface area contributed by atoms with Crippen molar-refractivity contribution in [1.82, 2.24) is 9.97 Å². The van der Waals surface area contributed by atoms with Crippen LogP contribution in [0.1, 0.15) is 65.9 Å². The van der Waals surface area contributed by atoms with Crippen molar-refractivity contribution in [2.45, 2.75) is 90.1 Å². The Morgan fingerprint density at radius 2 is 1.78 bits per heavy atom. The fourth-order valence-electron chi connectivity index (χ4n) is 3.83. The second-order valence-corrected chi connectivity index (χ2v) is 16.7. The number of aromatic nitrogens is 2. The Balaban J connectivity index is 1.83. The van der Waals surface area contributed by atoms with Crippen LogP contribution in [0.4, 0.5) is 17.5 Å². The van der Waals surface area contributed by atoms with Crippen LogP contribution in [0.25, 0.3) is 0 Å². The van der Waals surface area contributed by atoms with Crippen LogP contribution in [-0.4, -0.2) is 24.3 Å². The lowest BCUT2D eigenvalue weighted by molar-refractivity contribution is 0.0895. The molecule has 0 spiro atoms. The number of anilines is 3. The third kappa shape index (κ3) is 6.04. The van der Waals surface area contributed by atoms with Gasteiger partial charge in [0.1, 0.15) is 5.02 Å². The molecule has 0 bridgehead atoms. The van der Waals surface area contributed by atoms with Gasteiger partial charge in [-0.3, -0.25) is 0 Å². The molecule has 0 atom stereocenters. The highest BCUT2D eigenvalue weighted by atomic mass is 79.9. The molecule has 0 aliphatic heterocycles. The van der Waals surface area contributed by atoms with Gasteiger partial charge in [0.2, 0.25) is 5.95 Å². The van der Waals surface area contributed by atoms with Crippen molar-refractivity contribution in [3.8, 4) is 0 Å². The summed E-state index contributed by atoms with van der Waals surface area (Å²) in [6.45, 7) is 15.6. The molecular formula is C24H36BrClN4OSi. The van der Waals surface area contributed by atoms with E-state index in [0.717, 1.165) is 28.6 Å². The van der Waals surface area contributed by atoms with Crippen LogP contribution in [0, 0.1) is 0 Å². The number of nitrogens with one attached hydrogen (secondary N) is 2. The van der Waals surface area contributed by atoms with Crippen molar-refractivity contribution >= 4 is 53.3 Å². The minimum absolute atomic E-state index is 0.131. The third-order valence-electron chi connectivity index (χ3n) is 6.63. The van der Waals surface area contributed by atoms with E-state index in [1.54, 1.807) is 6.20 Å². The number of hydrogen-bond donors (Lipinski definition) is 2. The van der Waals surface area contributed by atoms with Gasteiger partial charge in [-0.25, -0.2) is 4.98 Å². The summed E-state index contributed by atoms with van der Waals surface area (Å²) in [5, 5.41) is 7.49. The van der Waals surface area contributed by atoms with Crippen LogP contribution in [0.2, 0.25) is 23.2 Å². The van der Waals surface area contributed by atoms with Gasteiger partial charge in [-0.15, -0.1) is 0 Å². The van der Waals surface area contributed by atoms with Gasteiger partial charge in [0, 0.05) is 16.2 Å². The molecule has 2 N–H and O–H groups in total. The first kappa shape index (κ1) is 25.5. The molecule has 0 amide bonds. The molecule has 32 heavy (non-hydrogen) atoms. The summed E-state index contributed by atoms with van der Waals surface area (Å²) < 4.78 is 7.81. The molecule has 5 nitrogen and oxygen atoms in total. The normalized spacial score (nSPS) is 15.8. The summed E-state index contributed by atoms with van der Waals surface area (Å²) in [6.07, 6.45) is 6.46. The van der Waals surface area contributed by atoms with Crippen molar-refractivity contribution in [3.63, 3.8) is 0 Å². The minimum Gasteiger partial charge on any atom is -0.408 e. The maximum Gasteiger partial charge on any atom is 0.229 e. The SMILES string of the molecule is CC(C)(O[Si](C)(C)C(C)(C)C)c1cc(Nc2ncc(Cl)c(NC3CCCC3)n2)ccc1Br. The third-order valence-corrected chi connectivity index (χ3v) is 12.2. The van der Waals surface area contributed by atoms with Crippen molar-refractivity contribution in [3.05, 3.63) is 39.5 Å². The van der Waals surface area contributed by atoms with E-state index in [1.807, 2.05) is 12.1 Å². The molecule has 176 valence electrons. The molecule has 0 unspecified atom stereocenters. The van der Waals surface area contributed by atoms with Crippen LogP contribution in [-0.2, 0) is 10.0 Å². The highest BCUT2D eigenvalue weighted by Gasteiger charge is 2.42. The monoisotopic (exact) mass is 538 g/mol. The van der Waals surface area contributed by atoms with Gasteiger partial charge in [0.15, 0.2) is 14.1 Å². The first-order valence-electron chi connectivity index (χ1n) is 11.3. The Morgan fingerprint density at radius 3 is 2.41 bits per heavy atom. The summed E-state index contributed by atoms with van der Waals surface area (Å²) in [5.41, 5.74) is 1.55. The van der Waals surface area contributed by atoms with E-state index in [2.05, 4.69) is 90.3 Å². The lowest BCUT2D eigenvalue weighted by Crippen LogP contribution is -2.46. The van der Waals surface area contributed by atoms with Gasteiger partial charge in [0.25, 0.3) is 0 Å². The molecule has 1 heterocycles. The Bertz CT molecular complexity index is 956. The van der Waals surface area contributed by atoms with E-state index in [-0.39, 0.29) is 5.04 Å². The Hall–Kier alpha value is -1.15. The predicted molar refractivity (Wildman–Crippen MR) is 142 cm³/mol. The van der Waals surface area contributed by atoms with Crippen LogP contribution in [0.15, 0.2) is 28.9 Å².